The molecule has 1 aromatic carbocycles. The van der Waals surface area contributed by atoms with Crippen molar-refractivity contribution in [2.24, 2.45) is 0 Å². The van der Waals surface area contributed by atoms with Crippen molar-refractivity contribution in [3.05, 3.63) is 24.3 Å². The minimum absolute atomic E-state index is 0.207. The zero-order valence-electron chi connectivity index (χ0n) is 17.2. The fourth-order valence-electron chi connectivity index (χ4n) is 2.25. The van der Waals surface area contributed by atoms with Crippen LogP contribution in [0.3, 0.4) is 0 Å². The molecule has 34 heavy (non-hydrogen) atoms. The van der Waals surface area contributed by atoms with E-state index in [9.17, 15) is 52.7 Å². The van der Waals surface area contributed by atoms with Crippen LogP contribution in [-0.4, -0.2) is 65.2 Å². The van der Waals surface area contributed by atoms with E-state index >= 15 is 0 Å². The van der Waals surface area contributed by atoms with Crippen molar-refractivity contribution in [3.63, 3.8) is 0 Å². The van der Waals surface area contributed by atoms with E-state index in [1.807, 2.05) is 0 Å². The van der Waals surface area contributed by atoms with E-state index in [0.717, 1.165) is 12.1 Å². The molecule has 0 saturated carbocycles. The van der Waals surface area contributed by atoms with Crippen LogP contribution in [0, 0.1) is 0 Å². The van der Waals surface area contributed by atoms with Gasteiger partial charge in [-0.2, -0.15) is 0 Å². The normalized spacial score (nSPS) is 15.2. The van der Waals surface area contributed by atoms with Crippen LogP contribution in [0.4, 0.5) is 58.4 Å². The van der Waals surface area contributed by atoms with Crippen molar-refractivity contribution in [1.82, 2.24) is 0 Å². The Balaban J connectivity index is 3.87. The molecule has 0 aliphatic heterocycles. The second-order valence-corrected chi connectivity index (χ2v) is 9.95. The van der Waals surface area contributed by atoms with Crippen LogP contribution in [0.5, 0.6) is 0 Å². The maximum absolute atomic E-state index is 12.9. The van der Waals surface area contributed by atoms with Crippen molar-refractivity contribution in [2.45, 2.75) is 24.7 Å². The molecule has 0 radical (unpaired) electrons. The molecule has 18 heteroatoms. The number of alkyl halides is 12. The first-order valence-electron chi connectivity index (χ1n) is 8.73. The van der Waals surface area contributed by atoms with Gasteiger partial charge in [-0.1, -0.05) is 0 Å². The Hall–Kier alpha value is -1.55. The van der Waals surface area contributed by atoms with Crippen molar-refractivity contribution < 1.29 is 70.8 Å². The molecule has 0 atom stereocenters. The molecule has 5 nitrogen and oxygen atoms in total. The van der Waals surface area contributed by atoms with Gasteiger partial charge in [0.15, 0.2) is 0 Å². The number of hydrogen-bond acceptors (Lipinski definition) is 5. The number of hydrogen-bond donors (Lipinski definition) is 0. The molecule has 200 valence electrons. The molecule has 0 fully saturated rings. The number of rotatable bonds is 10. The first-order valence-corrected chi connectivity index (χ1v) is 10.6. The van der Waals surface area contributed by atoms with Crippen LogP contribution in [0.15, 0.2) is 24.3 Å². The second kappa shape index (κ2) is 10.2. The summed E-state index contributed by atoms with van der Waals surface area (Å²) in [5.74, 6) is 0. The Morgan fingerprint density at radius 2 is 0.824 bits per heavy atom. The average Bonchev–Trinajstić information content (AvgIpc) is 2.65. The molecule has 0 saturated heterocycles. The average molecular weight is 547 g/mol. The summed E-state index contributed by atoms with van der Waals surface area (Å²) in [7, 11) is -4.25. The zero-order valence-corrected chi connectivity index (χ0v) is 18.1. The molecule has 0 aromatic heterocycles. The quantitative estimate of drug-likeness (QED) is 0.269. The number of nitrogens with zero attached hydrogens (tertiary/aromatic N) is 1. The van der Waals surface area contributed by atoms with Gasteiger partial charge in [0.25, 0.3) is 0 Å². The van der Waals surface area contributed by atoms with Crippen LogP contribution >= 0.6 is 7.51 Å². The van der Waals surface area contributed by atoms with Crippen LogP contribution in [0.1, 0.15) is 0 Å². The molecule has 0 spiro atoms. The summed E-state index contributed by atoms with van der Waals surface area (Å²) in [5, 5.41) is -1.17. The second-order valence-electron chi connectivity index (χ2n) is 6.78. The van der Waals surface area contributed by atoms with Gasteiger partial charge in [0, 0.05) is 0 Å². The third-order valence-electron chi connectivity index (χ3n) is 3.59. The monoisotopic (exact) mass is 547 g/mol. The summed E-state index contributed by atoms with van der Waals surface area (Å²) in [6, 6.07) is 3.09. The molecule has 0 aliphatic carbocycles. The topological polar surface area (TPSA) is 40.2 Å². The maximum atomic E-state index is 12.9. The summed E-state index contributed by atoms with van der Waals surface area (Å²) in [6.07, 6.45) is -21.8. The molecule has 0 bridgehead atoms. The van der Waals surface area contributed by atoms with Gasteiger partial charge in [0.2, 0.25) is 0 Å². The van der Waals surface area contributed by atoms with Gasteiger partial charge in [-0.05, 0) is 0 Å². The van der Waals surface area contributed by atoms with Gasteiger partial charge in [-0.25, -0.2) is 0 Å². The Kier molecular flexibility index (Phi) is 9.15. The predicted molar refractivity (Wildman–Crippen MR) is 95.4 cm³/mol. The molecule has 1 rings (SSSR count). The fraction of sp³-hybridized carbons (Fsp3) is 0.625. The van der Waals surface area contributed by atoms with Crippen LogP contribution < -0.4 is 10.2 Å². The number of anilines is 1. The Labute approximate surface area is 184 Å². The van der Waals surface area contributed by atoms with E-state index in [4.69, 9.17) is 0 Å². The van der Waals surface area contributed by atoms with Gasteiger partial charge in [-0.3, -0.25) is 0 Å². The molecule has 0 amide bonds. The number of halogens is 12. The van der Waals surface area contributed by atoms with E-state index in [1.54, 1.807) is 0 Å². The van der Waals surface area contributed by atoms with Crippen molar-refractivity contribution >= 4 is 18.5 Å². The van der Waals surface area contributed by atoms with Gasteiger partial charge < -0.3 is 0 Å². The third kappa shape index (κ3) is 9.60. The molecular formula is C16H18F12NO4P. The van der Waals surface area contributed by atoms with Crippen molar-refractivity contribution in [3.8, 4) is 0 Å². The first kappa shape index (κ1) is 30.5. The van der Waals surface area contributed by atoms with Gasteiger partial charge in [-0.15, -0.1) is 0 Å². The van der Waals surface area contributed by atoms with Gasteiger partial charge >= 0.3 is 184 Å². The van der Waals surface area contributed by atoms with Gasteiger partial charge in [0.1, 0.15) is 0 Å². The zero-order chi connectivity index (χ0) is 26.7. The van der Waals surface area contributed by atoms with E-state index in [1.165, 1.54) is 19.0 Å². The predicted octanol–water partition coefficient (Wildman–Crippen LogP) is 5.91. The molecule has 0 N–H and O–H groups in total. The standard InChI is InChI=1S/C16H18F12NO4P/c1-29(2)11-3-5-12(6-4-11)34(30-7-13(17,18)19,31-8-14(20,21)22,32-9-15(23,24)25)33-10-16(26,27)28/h3-6H,7-10H2,1-2H3. The summed E-state index contributed by atoms with van der Waals surface area (Å²) >= 11 is 0. The Morgan fingerprint density at radius 3 is 1.03 bits per heavy atom. The fourth-order valence-corrected chi connectivity index (χ4v) is 5.41. The van der Waals surface area contributed by atoms with E-state index in [-0.39, 0.29) is 5.69 Å². The minimum atomic E-state index is -7.13. The van der Waals surface area contributed by atoms with Crippen molar-refractivity contribution in [2.75, 3.05) is 45.4 Å². The Bertz CT molecular complexity index is 706. The Morgan fingerprint density at radius 1 is 0.559 bits per heavy atom. The van der Waals surface area contributed by atoms with E-state index < -0.39 is 63.9 Å². The van der Waals surface area contributed by atoms with Crippen LogP contribution in [0.2, 0.25) is 0 Å². The molecule has 1 aromatic rings. The van der Waals surface area contributed by atoms with Crippen LogP contribution in [-0.2, 0) is 18.1 Å². The molecule has 0 aliphatic rings. The number of benzene rings is 1. The summed E-state index contributed by atoms with van der Waals surface area (Å²) in [4.78, 5) is 1.36. The summed E-state index contributed by atoms with van der Waals surface area (Å²) in [5.41, 5.74) is 0.207. The van der Waals surface area contributed by atoms with Crippen molar-refractivity contribution in [1.29, 1.82) is 0 Å². The van der Waals surface area contributed by atoms with Gasteiger partial charge in [0.05, 0.1) is 0 Å². The van der Waals surface area contributed by atoms with Crippen LogP contribution in [0.25, 0.3) is 0 Å². The molecule has 0 heterocycles. The molecular weight excluding hydrogens is 529 g/mol. The first-order chi connectivity index (χ1) is 15.1. The molecule has 0 unspecified atom stereocenters. The summed E-state index contributed by atoms with van der Waals surface area (Å²) in [6.45, 7) is -10.6. The van der Waals surface area contributed by atoms with E-state index in [0.29, 0.717) is 12.1 Å². The van der Waals surface area contributed by atoms with E-state index in [2.05, 4.69) is 18.1 Å². The third-order valence-corrected chi connectivity index (χ3v) is 7.03. The summed E-state index contributed by atoms with van der Waals surface area (Å²) < 4.78 is 172. The SMILES string of the molecule is CN(C)c1ccc(P(OCC(F)(F)F)(OCC(F)(F)F)(OCC(F)(F)F)OCC(F)(F)F)cc1.